The van der Waals surface area contributed by atoms with Gasteiger partial charge in [-0.2, -0.15) is 0 Å². The fraction of sp³-hybridized carbons (Fsp3) is 0.412. The lowest BCUT2D eigenvalue weighted by Gasteiger charge is -2.11. The summed E-state index contributed by atoms with van der Waals surface area (Å²) in [4.78, 5) is 4.42. The maximum Gasteiger partial charge on any atom is 0.191 e. The number of aromatic nitrogens is 1. The van der Waals surface area contributed by atoms with E-state index in [1.807, 2.05) is 26.8 Å². The van der Waals surface area contributed by atoms with Crippen molar-refractivity contribution >= 4 is 29.9 Å². The molecule has 0 aliphatic rings. The van der Waals surface area contributed by atoms with E-state index in [9.17, 15) is 4.39 Å². The van der Waals surface area contributed by atoms with Crippen LogP contribution in [-0.4, -0.2) is 24.2 Å². The van der Waals surface area contributed by atoms with Gasteiger partial charge in [-0.15, -0.1) is 24.0 Å². The molecule has 0 amide bonds. The third-order valence-electron chi connectivity index (χ3n) is 3.56. The van der Waals surface area contributed by atoms with E-state index in [0.29, 0.717) is 24.6 Å². The molecule has 5 nitrogen and oxygen atoms in total. The molecule has 2 rings (SSSR count). The SMILES string of the molecule is CCNC(=NCc1ccccc1F)NCCc1c(C)noc1C.I. The molecular weight excluding hydrogens is 422 g/mol. The summed E-state index contributed by atoms with van der Waals surface area (Å²) in [5, 5.41) is 10.4. The molecule has 0 aliphatic carbocycles. The first-order valence-electron chi connectivity index (χ1n) is 7.79. The number of nitrogens with zero attached hydrogens (tertiary/aromatic N) is 2. The minimum Gasteiger partial charge on any atom is -0.361 e. The number of guanidine groups is 1. The Balaban J connectivity index is 0.00000288. The third-order valence-corrected chi connectivity index (χ3v) is 3.56. The molecule has 132 valence electrons. The minimum atomic E-state index is -0.234. The van der Waals surface area contributed by atoms with Gasteiger partial charge in [0.2, 0.25) is 0 Å². The summed E-state index contributed by atoms with van der Waals surface area (Å²) in [7, 11) is 0. The van der Waals surface area contributed by atoms with Gasteiger partial charge in [-0.1, -0.05) is 23.4 Å². The van der Waals surface area contributed by atoms with Gasteiger partial charge in [-0.25, -0.2) is 9.38 Å². The number of hydrogen-bond donors (Lipinski definition) is 2. The Bertz CT molecular complexity index is 653. The third kappa shape index (κ3) is 5.77. The molecular formula is C17H24FIN4O. The van der Waals surface area contributed by atoms with Crippen molar-refractivity contribution in [2.45, 2.75) is 33.7 Å². The van der Waals surface area contributed by atoms with Gasteiger partial charge in [0.1, 0.15) is 11.6 Å². The fourth-order valence-electron chi connectivity index (χ4n) is 2.30. The second-order valence-corrected chi connectivity index (χ2v) is 5.27. The molecule has 7 heteroatoms. The first-order valence-corrected chi connectivity index (χ1v) is 7.79. The molecule has 0 unspecified atom stereocenters. The number of nitrogens with one attached hydrogen (secondary N) is 2. The van der Waals surface area contributed by atoms with Gasteiger partial charge < -0.3 is 15.2 Å². The molecule has 1 heterocycles. The lowest BCUT2D eigenvalue weighted by atomic mass is 10.1. The van der Waals surface area contributed by atoms with Crippen molar-refractivity contribution in [3.05, 3.63) is 52.7 Å². The van der Waals surface area contributed by atoms with Gasteiger partial charge >= 0.3 is 0 Å². The molecule has 0 spiro atoms. The predicted molar refractivity (Wildman–Crippen MR) is 104 cm³/mol. The van der Waals surface area contributed by atoms with E-state index < -0.39 is 0 Å². The Hall–Kier alpha value is -1.64. The lowest BCUT2D eigenvalue weighted by molar-refractivity contribution is 0.392. The number of rotatable bonds is 6. The van der Waals surface area contributed by atoms with E-state index in [2.05, 4.69) is 20.8 Å². The van der Waals surface area contributed by atoms with Crippen LogP contribution in [0.2, 0.25) is 0 Å². The van der Waals surface area contributed by atoms with Gasteiger partial charge in [-0.3, -0.25) is 0 Å². The lowest BCUT2D eigenvalue weighted by Crippen LogP contribution is -2.38. The summed E-state index contributed by atoms with van der Waals surface area (Å²) in [5.41, 5.74) is 2.61. The zero-order chi connectivity index (χ0) is 16.7. The molecule has 0 saturated heterocycles. The van der Waals surface area contributed by atoms with Crippen molar-refractivity contribution in [1.29, 1.82) is 0 Å². The fourth-order valence-corrected chi connectivity index (χ4v) is 2.30. The number of hydrogen-bond acceptors (Lipinski definition) is 3. The van der Waals surface area contributed by atoms with Crippen LogP contribution in [0.25, 0.3) is 0 Å². The van der Waals surface area contributed by atoms with Gasteiger partial charge in [0.15, 0.2) is 5.96 Å². The molecule has 0 radical (unpaired) electrons. The Morgan fingerprint density at radius 3 is 2.62 bits per heavy atom. The second kappa shape index (κ2) is 10.3. The van der Waals surface area contributed by atoms with Crippen molar-refractivity contribution in [2.24, 2.45) is 4.99 Å². The summed E-state index contributed by atoms with van der Waals surface area (Å²) >= 11 is 0. The van der Waals surface area contributed by atoms with Crippen molar-refractivity contribution < 1.29 is 8.91 Å². The molecule has 1 aromatic heterocycles. The van der Waals surface area contributed by atoms with Crippen molar-refractivity contribution in [3.63, 3.8) is 0 Å². The van der Waals surface area contributed by atoms with Crippen LogP contribution in [-0.2, 0) is 13.0 Å². The van der Waals surface area contributed by atoms with E-state index in [-0.39, 0.29) is 29.8 Å². The normalized spacial score (nSPS) is 11.1. The first-order chi connectivity index (χ1) is 11.1. The van der Waals surface area contributed by atoms with E-state index in [0.717, 1.165) is 30.0 Å². The van der Waals surface area contributed by atoms with Crippen LogP contribution in [0.5, 0.6) is 0 Å². The molecule has 24 heavy (non-hydrogen) atoms. The number of aliphatic imine (C=N–C) groups is 1. The number of halogens is 2. The van der Waals surface area contributed by atoms with Crippen LogP contribution in [0.3, 0.4) is 0 Å². The Kier molecular flexibility index (Phi) is 8.73. The smallest absolute Gasteiger partial charge is 0.191 e. The highest BCUT2D eigenvalue weighted by atomic mass is 127. The Labute approximate surface area is 159 Å². The maximum absolute atomic E-state index is 13.6. The molecule has 0 bridgehead atoms. The Morgan fingerprint density at radius 2 is 2.00 bits per heavy atom. The second-order valence-electron chi connectivity index (χ2n) is 5.27. The quantitative estimate of drug-likeness (QED) is 0.406. The molecule has 1 aromatic carbocycles. The summed E-state index contributed by atoms with van der Waals surface area (Å²) in [6.07, 6.45) is 0.797. The molecule has 2 N–H and O–H groups in total. The van der Waals surface area contributed by atoms with Gasteiger partial charge in [0.05, 0.1) is 12.2 Å². The topological polar surface area (TPSA) is 62.5 Å². The number of aryl methyl sites for hydroxylation is 2. The average molecular weight is 446 g/mol. The van der Waals surface area contributed by atoms with Crippen LogP contribution >= 0.6 is 24.0 Å². The van der Waals surface area contributed by atoms with Crippen molar-refractivity contribution in [2.75, 3.05) is 13.1 Å². The standard InChI is InChI=1S/C17H23FN4O.HI/c1-4-19-17(21-11-14-7-5-6-8-16(14)18)20-10-9-15-12(2)22-23-13(15)3;/h5-8H,4,9-11H2,1-3H3,(H2,19,20,21);1H. The molecule has 0 atom stereocenters. The van der Waals surface area contributed by atoms with Crippen LogP contribution in [0.15, 0.2) is 33.8 Å². The van der Waals surface area contributed by atoms with E-state index in [1.165, 1.54) is 6.07 Å². The summed E-state index contributed by atoms with van der Waals surface area (Å²) in [6, 6.07) is 6.68. The average Bonchev–Trinajstić information content (AvgIpc) is 2.85. The van der Waals surface area contributed by atoms with Crippen LogP contribution in [0.1, 0.15) is 29.5 Å². The highest BCUT2D eigenvalue weighted by molar-refractivity contribution is 14.0. The zero-order valence-electron chi connectivity index (χ0n) is 14.2. The minimum absolute atomic E-state index is 0. The zero-order valence-corrected chi connectivity index (χ0v) is 16.6. The molecule has 0 saturated carbocycles. The molecule has 0 aliphatic heterocycles. The monoisotopic (exact) mass is 446 g/mol. The van der Waals surface area contributed by atoms with Crippen molar-refractivity contribution in [3.8, 4) is 0 Å². The summed E-state index contributed by atoms with van der Waals surface area (Å²) in [6.45, 7) is 7.58. The molecule has 2 aromatic rings. The summed E-state index contributed by atoms with van der Waals surface area (Å²) in [5.74, 6) is 1.28. The largest absolute Gasteiger partial charge is 0.361 e. The van der Waals surface area contributed by atoms with Crippen LogP contribution in [0, 0.1) is 19.7 Å². The van der Waals surface area contributed by atoms with Crippen LogP contribution in [0.4, 0.5) is 4.39 Å². The van der Waals surface area contributed by atoms with E-state index in [1.54, 1.807) is 12.1 Å². The van der Waals surface area contributed by atoms with Crippen molar-refractivity contribution in [1.82, 2.24) is 15.8 Å². The van der Waals surface area contributed by atoms with Gasteiger partial charge in [-0.05, 0) is 33.3 Å². The maximum atomic E-state index is 13.6. The van der Waals surface area contributed by atoms with E-state index >= 15 is 0 Å². The van der Waals surface area contributed by atoms with Crippen LogP contribution < -0.4 is 10.6 Å². The summed E-state index contributed by atoms with van der Waals surface area (Å²) < 4.78 is 18.8. The highest BCUT2D eigenvalue weighted by Crippen LogP contribution is 2.12. The first kappa shape index (κ1) is 20.4. The van der Waals surface area contributed by atoms with Gasteiger partial charge in [0.25, 0.3) is 0 Å². The molecule has 0 fully saturated rings. The van der Waals surface area contributed by atoms with Gasteiger partial charge in [0, 0.05) is 24.2 Å². The predicted octanol–water partition coefficient (Wildman–Crippen LogP) is 3.35. The van der Waals surface area contributed by atoms with E-state index in [4.69, 9.17) is 4.52 Å². The Morgan fingerprint density at radius 1 is 1.25 bits per heavy atom. The highest BCUT2D eigenvalue weighted by Gasteiger charge is 2.08. The number of benzene rings is 1.